The highest BCUT2D eigenvalue weighted by Gasteiger charge is 2.18. The van der Waals surface area contributed by atoms with Crippen LogP contribution < -0.4 is 0 Å². The van der Waals surface area contributed by atoms with E-state index in [1.54, 1.807) is 31.0 Å². The van der Waals surface area contributed by atoms with Crippen LogP contribution in [0.25, 0.3) is 22.4 Å². The highest BCUT2D eigenvalue weighted by atomic mass is 19.3. The minimum atomic E-state index is -2.57. The first-order valence-electron chi connectivity index (χ1n) is 5.67. The summed E-state index contributed by atoms with van der Waals surface area (Å²) in [7, 11) is 3.44. The van der Waals surface area contributed by atoms with Crippen molar-refractivity contribution >= 4 is 11.0 Å². The fraction of sp³-hybridized carbons (Fsp3) is 0.250. The molecule has 0 radical (unpaired) electrons. The van der Waals surface area contributed by atoms with Gasteiger partial charge in [0.15, 0.2) is 5.65 Å². The SMILES string of the molecule is Cn1ccc(-c2cc(C(F)F)c3cnn(C)c3n2)n1. The molecule has 0 amide bonds. The maximum absolute atomic E-state index is 13.1. The molecule has 3 rings (SSSR count). The molecule has 7 heteroatoms. The van der Waals surface area contributed by atoms with E-state index in [1.807, 2.05) is 0 Å². The summed E-state index contributed by atoms with van der Waals surface area (Å²) in [5, 5.41) is 8.53. The average Bonchev–Trinajstić information content (AvgIpc) is 2.95. The van der Waals surface area contributed by atoms with Crippen LogP contribution in [-0.4, -0.2) is 24.5 Å². The monoisotopic (exact) mass is 263 g/mol. The fourth-order valence-corrected chi connectivity index (χ4v) is 2.00. The van der Waals surface area contributed by atoms with Gasteiger partial charge in [0.1, 0.15) is 5.69 Å². The molecule has 0 saturated heterocycles. The maximum atomic E-state index is 13.1. The molecule has 5 nitrogen and oxygen atoms in total. The Bertz CT molecular complexity index is 744. The van der Waals surface area contributed by atoms with Gasteiger partial charge in [-0.25, -0.2) is 13.8 Å². The molecule has 0 N–H and O–H groups in total. The van der Waals surface area contributed by atoms with Crippen molar-refractivity contribution in [1.29, 1.82) is 0 Å². The predicted molar refractivity (Wildman–Crippen MR) is 65.7 cm³/mol. The Hall–Kier alpha value is -2.31. The van der Waals surface area contributed by atoms with Gasteiger partial charge in [-0.3, -0.25) is 9.36 Å². The topological polar surface area (TPSA) is 48.5 Å². The van der Waals surface area contributed by atoms with Crippen LogP contribution in [0.3, 0.4) is 0 Å². The lowest BCUT2D eigenvalue weighted by atomic mass is 10.1. The Morgan fingerprint density at radius 2 is 2.00 bits per heavy atom. The van der Waals surface area contributed by atoms with Crippen LogP contribution in [0.1, 0.15) is 12.0 Å². The summed E-state index contributed by atoms with van der Waals surface area (Å²) in [6.45, 7) is 0. The lowest BCUT2D eigenvalue weighted by Crippen LogP contribution is -1.97. The summed E-state index contributed by atoms with van der Waals surface area (Å²) < 4.78 is 29.3. The lowest BCUT2D eigenvalue weighted by molar-refractivity contribution is 0.153. The summed E-state index contributed by atoms with van der Waals surface area (Å²) in [5.41, 5.74) is 1.34. The molecule has 19 heavy (non-hydrogen) atoms. The number of halogens is 2. The van der Waals surface area contributed by atoms with E-state index < -0.39 is 6.43 Å². The van der Waals surface area contributed by atoms with E-state index in [0.29, 0.717) is 22.4 Å². The summed E-state index contributed by atoms with van der Waals surface area (Å²) in [6.07, 6.45) is 0.579. The predicted octanol–water partition coefficient (Wildman–Crippen LogP) is 2.31. The zero-order chi connectivity index (χ0) is 13.6. The lowest BCUT2D eigenvalue weighted by Gasteiger charge is -2.05. The van der Waals surface area contributed by atoms with Crippen molar-refractivity contribution in [2.45, 2.75) is 6.43 Å². The molecule has 0 aliphatic rings. The smallest absolute Gasteiger partial charge is 0.264 e. The Balaban J connectivity index is 2.29. The largest absolute Gasteiger partial charge is 0.275 e. The zero-order valence-electron chi connectivity index (χ0n) is 10.4. The molecule has 0 fully saturated rings. The first-order valence-corrected chi connectivity index (χ1v) is 5.67. The van der Waals surface area contributed by atoms with Crippen LogP contribution in [-0.2, 0) is 14.1 Å². The van der Waals surface area contributed by atoms with E-state index >= 15 is 0 Å². The van der Waals surface area contributed by atoms with Crippen molar-refractivity contribution in [3.63, 3.8) is 0 Å². The molecule has 0 aromatic carbocycles. The highest BCUT2D eigenvalue weighted by molar-refractivity contribution is 5.82. The molecule has 3 aromatic rings. The van der Waals surface area contributed by atoms with E-state index in [-0.39, 0.29) is 5.56 Å². The first-order chi connectivity index (χ1) is 9.06. The zero-order valence-corrected chi connectivity index (χ0v) is 10.4. The normalized spacial score (nSPS) is 11.6. The molecule has 0 saturated carbocycles. The van der Waals surface area contributed by atoms with Crippen molar-refractivity contribution in [3.8, 4) is 11.4 Å². The molecule has 0 aliphatic carbocycles. The van der Waals surface area contributed by atoms with Crippen LogP contribution in [0, 0.1) is 0 Å². The van der Waals surface area contributed by atoms with Crippen molar-refractivity contribution in [1.82, 2.24) is 24.5 Å². The molecule has 0 atom stereocenters. The highest BCUT2D eigenvalue weighted by Crippen LogP contribution is 2.30. The second-order valence-electron chi connectivity index (χ2n) is 4.28. The van der Waals surface area contributed by atoms with Gasteiger partial charge in [0.2, 0.25) is 0 Å². The number of hydrogen-bond acceptors (Lipinski definition) is 3. The molecular weight excluding hydrogens is 252 g/mol. The number of nitrogens with zero attached hydrogens (tertiary/aromatic N) is 5. The van der Waals surface area contributed by atoms with Gasteiger partial charge in [0.05, 0.1) is 11.9 Å². The van der Waals surface area contributed by atoms with E-state index in [0.717, 1.165) is 0 Å². The first kappa shape index (κ1) is 11.8. The van der Waals surface area contributed by atoms with Crippen molar-refractivity contribution in [3.05, 3.63) is 30.1 Å². The van der Waals surface area contributed by atoms with Gasteiger partial charge >= 0.3 is 0 Å². The van der Waals surface area contributed by atoms with Crippen LogP contribution in [0.5, 0.6) is 0 Å². The Kier molecular flexibility index (Phi) is 2.55. The van der Waals surface area contributed by atoms with Gasteiger partial charge in [-0.1, -0.05) is 0 Å². The van der Waals surface area contributed by atoms with Crippen LogP contribution in [0.4, 0.5) is 8.78 Å². The fourth-order valence-electron chi connectivity index (χ4n) is 2.00. The Labute approximate surface area is 107 Å². The quantitative estimate of drug-likeness (QED) is 0.712. The van der Waals surface area contributed by atoms with E-state index in [2.05, 4.69) is 15.2 Å². The number of fused-ring (bicyclic) bond motifs is 1. The number of rotatable bonds is 2. The standard InChI is InChI=1S/C12H11F2N5/c1-18-4-3-9(17-18)10-5-7(11(13)14)8-6-15-19(2)12(8)16-10/h3-6,11H,1-2H3. The van der Waals surface area contributed by atoms with Crippen LogP contribution >= 0.6 is 0 Å². The number of alkyl halides is 2. The number of aromatic nitrogens is 5. The summed E-state index contributed by atoms with van der Waals surface area (Å²) >= 11 is 0. The number of pyridine rings is 1. The van der Waals surface area contributed by atoms with E-state index in [4.69, 9.17) is 0 Å². The van der Waals surface area contributed by atoms with Crippen molar-refractivity contribution in [2.24, 2.45) is 14.1 Å². The van der Waals surface area contributed by atoms with Gasteiger partial charge in [-0.2, -0.15) is 10.2 Å². The molecule has 3 heterocycles. The summed E-state index contributed by atoms with van der Waals surface area (Å²) in [5.74, 6) is 0. The molecule has 98 valence electrons. The van der Waals surface area contributed by atoms with E-state index in [9.17, 15) is 8.78 Å². The van der Waals surface area contributed by atoms with E-state index in [1.165, 1.54) is 16.9 Å². The minimum absolute atomic E-state index is 0.0706. The number of aryl methyl sites for hydroxylation is 2. The second kappa shape index (κ2) is 4.11. The maximum Gasteiger partial charge on any atom is 0.264 e. The van der Waals surface area contributed by atoms with Gasteiger partial charge in [-0.15, -0.1) is 0 Å². The minimum Gasteiger partial charge on any atom is -0.275 e. The Morgan fingerprint density at radius 1 is 1.21 bits per heavy atom. The Morgan fingerprint density at radius 3 is 2.63 bits per heavy atom. The third-order valence-electron chi connectivity index (χ3n) is 2.95. The molecule has 0 bridgehead atoms. The van der Waals surface area contributed by atoms with Gasteiger partial charge in [0.25, 0.3) is 6.43 Å². The molecule has 3 aromatic heterocycles. The average molecular weight is 263 g/mol. The second-order valence-corrected chi connectivity index (χ2v) is 4.28. The third-order valence-corrected chi connectivity index (χ3v) is 2.95. The van der Waals surface area contributed by atoms with Crippen LogP contribution in [0.15, 0.2) is 24.5 Å². The van der Waals surface area contributed by atoms with Gasteiger partial charge in [-0.05, 0) is 12.1 Å². The summed E-state index contributed by atoms with van der Waals surface area (Å²) in [6, 6.07) is 3.11. The van der Waals surface area contributed by atoms with Crippen LogP contribution in [0.2, 0.25) is 0 Å². The molecule has 0 unspecified atom stereocenters. The number of hydrogen-bond donors (Lipinski definition) is 0. The molecule has 0 aliphatic heterocycles. The molecular formula is C12H11F2N5. The summed E-state index contributed by atoms with van der Waals surface area (Å²) in [4.78, 5) is 4.35. The van der Waals surface area contributed by atoms with Crippen molar-refractivity contribution < 1.29 is 8.78 Å². The van der Waals surface area contributed by atoms with Crippen molar-refractivity contribution in [2.75, 3.05) is 0 Å². The van der Waals surface area contributed by atoms with Gasteiger partial charge in [0, 0.05) is 31.2 Å². The van der Waals surface area contributed by atoms with Gasteiger partial charge < -0.3 is 0 Å². The third kappa shape index (κ3) is 1.87. The molecule has 0 spiro atoms.